The fraction of sp³-hybridized carbons (Fsp3) is 0.500. The molecule has 1 saturated carbocycles. The van der Waals surface area contributed by atoms with Crippen LogP contribution in [0.3, 0.4) is 0 Å². The van der Waals surface area contributed by atoms with Crippen molar-refractivity contribution in [2.75, 3.05) is 31.1 Å². The molecule has 25 heavy (non-hydrogen) atoms. The number of H-pyrrole nitrogens is 1. The fourth-order valence-corrected chi connectivity index (χ4v) is 4.28. The highest BCUT2D eigenvalue weighted by Crippen LogP contribution is 2.41. The van der Waals surface area contributed by atoms with Crippen molar-refractivity contribution in [3.63, 3.8) is 0 Å². The van der Waals surface area contributed by atoms with Gasteiger partial charge in [0.2, 0.25) is 5.91 Å². The Hall–Kier alpha value is -2.14. The van der Waals surface area contributed by atoms with Gasteiger partial charge in [0.1, 0.15) is 0 Å². The van der Waals surface area contributed by atoms with Gasteiger partial charge < -0.3 is 4.90 Å². The Balaban J connectivity index is 1.26. The van der Waals surface area contributed by atoms with Crippen molar-refractivity contribution in [3.8, 4) is 0 Å². The minimum atomic E-state index is 0.232. The number of aromatic nitrogens is 2. The summed E-state index contributed by atoms with van der Waals surface area (Å²) in [5.41, 5.74) is 6.43. The standard InChI is InChI=1S/C20H24N4O/c25-19(24-12-7-14-3-1-2-4-18(14)24)13-23-10-8-16-17(9-11-23)21-22-20(16)15-5-6-15/h1-4,15H,5-13H2,(H,21,22). The van der Waals surface area contributed by atoms with E-state index in [-0.39, 0.29) is 5.91 Å². The van der Waals surface area contributed by atoms with E-state index in [1.807, 2.05) is 11.0 Å². The number of fused-ring (bicyclic) bond motifs is 2. The number of benzene rings is 1. The summed E-state index contributed by atoms with van der Waals surface area (Å²) in [6, 6.07) is 8.28. The molecule has 5 nitrogen and oxygen atoms in total. The molecule has 1 N–H and O–H groups in total. The van der Waals surface area contributed by atoms with Gasteiger partial charge in [0, 0.05) is 43.4 Å². The molecular weight excluding hydrogens is 312 g/mol. The van der Waals surface area contributed by atoms with Crippen LogP contribution < -0.4 is 4.90 Å². The minimum absolute atomic E-state index is 0.232. The zero-order valence-electron chi connectivity index (χ0n) is 14.5. The number of carbonyl (C=O) groups is 1. The first-order chi connectivity index (χ1) is 12.3. The SMILES string of the molecule is O=C(CN1CCc2[nH]nc(C3CC3)c2CC1)N1CCc2ccccc21. The van der Waals surface area contributed by atoms with E-state index < -0.39 is 0 Å². The molecule has 1 aromatic heterocycles. The van der Waals surface area contributed by atoms with Crippen molar-refractivity contribution in [3.05, 3.63) is 46.8 Å². The van der Waals surface area contributed by atoms with Crippen molar-refractivity contribution >= 4 is 11.6 Å². The summed E-state index contributed by atoms with van der Waals surface area (Å²) >= 11 is 0. The molecule has 3 heterocycles. The predicted molar refractivity (Wildman–Crippen MR) is 96.9 cm³/mol. The fourth-order valence-electron chi connectivity index (χ4n) is 4.28. The quantitative estimate of drug-likeness (QED) is 0.935. The Morgan fingerprint density at radius 2 is 1.96 bits per heavy atom. The summed E-state index contributed by atoms with van der Waals surface area (Å²) < 4.78 is 0. The summed E-state index contributed by atoms with van der Waals surface area (Å²) in [7, 11) is 0. The lowest BCUT2D eigenvalue weighted by molar-refractivity contribution is -0.119. The Kier molecular flexibility index (Phi) is 3.63. The molecule has 5 rings (SSSR count). The first-order valence-corrected chi connectivity index (χ1v) is 9.46. The predicted octanol–water partition coefficient (Wildman–Crippen LogP) is 2.28. The first kappa shape index (κ1) is 15.1. The molecule has 0 saturated heterocycles. The van der Waals surface area contributed by atoms with Gasteiger partial charge in [-0.25, -0.2) is 0 Å². The summed E-state index contributed by atoms with van der Waals surface area (Å²) in [6.45, 7) is 3.22. The van der Waals surface area contributed by atoms with E-state index in [1.54, 1.807) is 0 Å². The lowest BCUT2D eigenvalue weighted by Gasteiger charge is -2.24. The van der Waals surface area contributed by atoms with Crippen LogP contribution in [0.5, 0.6) is 0 Å². The Morgan fingerprint density at radius 1 is 1.12 bits per heavy atom. The first-order valence-electron chi connectivity index (χ1n) is 9.46. The Labute approximate surface area is 148 Å². The Morgan fingerprint density at radius 3 is 2.84 bits per heavy atom. The number of nitrogens with one attached hydrogen (secondary N) is 1. The van der Waals surface area contributed by atoms with E-state index in [0.29, 0.717) is 12.5 Å². The van der Waals surface area contributed by atoms with Gasteiger partial charge in [-0.3, -0.25) is 14.8 Å². The summed E-state index contributed by atoms with van der Waals surface area (Å²) in [5, 5.41) is 7.81. The smallest absolute Gasteiger partial charge is 0.241 e. The molecule has 1 aromatic carbocycles. The van der Waals surface area contributed by atoms with Crippen molar-refractivity contribution in [2.45, 2.75) is 38.0 Å². The zero-order chi connectivity index (χ0) is 16.8. The van der Waals surface area contributed by atoms with E-state index in [9.17, 15) is 4.79 Å². The van der Waals surface area contributed by atoms with Crippen LogP contribution in [-0.2, 0) is 24.1 Å². The molecule has 5 heteroatoms. The van der Waals surface area contributed by atoms with Crippen molar-refractivity contribution < 1.29 is 4.79 Å². The highest BCUT2D eigenvalue weighted by atomic mass is 16.2. The van der Waals surface area contributed by atoms with E-state index in [1.165, 1.54) is 35.4 Å². The molecule has 0 spiro atoms. The van der Waals surface area contributed by atoms with Crippen LogP contribution in [0.2, 0.25) is 0 Å². The number of anilines is 1. The maximum Gasteiger partial charge on any atom is 0.241 e. The van der Waals surface area contributed by atoms with Gasteiger partial charge in [0.25, 0.3) is 0 Å². The number of rotatable bonds is 3. The maximum atomic E-state index is 12.8. The van der Waals surface area contributed by atoms with Crippen LogP contribution in [0.1, 0.15) is 41.3 Å². The molecule has 130 valence electrons. The van der Waals surface area contributed by atoms with Crippen LogP contribution in [0, 0.1) is 0 Å². The molecule has 2 aliphatic heterocycles. The number of hydrogen-bond acceptors (Lipinski definition) is 3. The third-order valence-electron chi connectivity index (χ3n) is 5.85. The molecule has 1 fully saturated rings. The third-order valence-corrected chi connectivity index (χ3v) is 5.85. The maximum absolute atomic E-state index is 12.8. The second-order valence-corrected chi connectivity index (χ2v) is 7.54. The van der Waals surface area contributed by atoms with Crippen molar-refractivity contribution in [1.29, 1.82) is 0 Å². The van der Waals surface area contributed by atoms with Gasteiger partial charge in [0.15, 0.2) is 0 Å². The van der Waals surface area contributed by atoms with E-state index >= 15 is 0 Å². The topological polar surface area (TPSA) is 52.2 Å². The van der Waals surface area contributed by atoms with E-state index in [4.69, 9.17) is 0 Å². The number of aromatic amines is 1. The second kappa shape index (κ2) is 5.99. The van der Waals surface area contributed by atoms with E-state index in [0.717, 1.165) is 44.6 Å². The van der Waals surface area contributed by atoms with Crippen LogP contribution in [0.25, 0.3) is 0 Å². The molecule has 1 aliphatic carbocycles. The highest BCUT2D eigenvalue weighted by molar-refractivity contribution is 5.96. The summed E-state index contributed by atoms with van der Waals surface area (Å²) in [5.74, 6) is 0.922. The lowest BCUT2D eigenvalue weighted by atomic mass is 10.1. The van der Waals surface area contributed by atoms with Gasteiger partial charge in [0.05, 0.1) is 12.2 Å². The molecule has 0 unspecified atom stereocenters. The molecule has 1 amide bonds. The molecular formula is C20H24N4O. The number of hydrogen-bond donors (Lipinski definition) is 1. The highest BCUT2D eigenvalue weighted by Gasteiger charge is 2.32. The summed E-state index contributed by atoms with van der Waals surface area (Å²) in [4.78, 5) is 17.1. The molecule has 0 atom stereocenters. The lowest BCUT2D eigenvalue weighted by Crippen LogP contribution is -2.40. The normalized spacial score (nSPS) is 20.2. The molecule has 3 aliphatic rings. The van der Waals surface area contributed by atoms with E-state index in [2.05, 4.69) is 33.3 Å². The number of amides is 1. The monoisotopic (exact) mass is 336 g/mol. The van der Waals surface area contributed by atoms with Crippen LogP contribution in [-0.4, -0.2) is 47.2 Å². The third kappa shape index (κ3) is 2.76. The number of nitrogens with zero attached hydrogens (tertiary/aromatic N) is 3. The van der Waals surface area contributed by atoms with Crippen molar-refractivity contribution in [1.82, 2.24) is 15.1 Å². The van der Waals surface area contributed by atoms with Crippen molar-refractivity contribution in [2.24, 2.45) is 0 Å². The van der Waals surface area contributed by atoms with Gasteiger partial charge in [-0.05, 0) is 42.9 Å². The molecule has 0 bridgehead atoms. The van der Waals surface area contributed by atoms with Gasteiger partial charge in [-0.15, -0.1) is 0 Å². The van der Waals surface area contributed by atoms with Gasteiger partial charge in [-0.1, -0.05) is 18.2 Å². The average Bonchev–Trinajstić information content (AvgIpc) is 3.30. The Bertz CT molecular complexity index is 808. The minimum Gasteiger partial charge on any atom is -0.311 e. The van der Waals surface area contributed by atoms with Crippen LogP contribution in [0.4, 0.5) is 5.69 Å². The molecule has 2 aromatic rings. The second-order valence-electron chi connectivity index (χ2n) is 7.54. The largest absolute Gasteiger partial charge is 0.311 e. The molecule has 0 radical (unpaired) electrons. The number of carbonyl (C=O) groups excluding carboxylic acids is 1. The summed E-state index contributed by atoms with van der Waals surface area (Å²) in [6.07, 6.45) is 5.53. The number of para-hydroxylation sites is 1. The van der Waals surface area contributed by atoms with Crippen LogP contribution >= 0.6 is 0 Å². The average molecular weight is 336 g/mol. The zero-order valence-corrected chi connectivity index (χ0v) is 14.5. The van der Waals surface area contributed by atoms with Gasteiger partial charge >= 0.3 is 0 Å². The van der Waals surface area contributed by atoms with Crippen LogP contribution in [0.15, 0.2) is 24.3 Å². The van der Waals surface area contributed by atoms with Gasteiger partial charge in [-0.2, -0.15) is 5.10 Å².